The highest BCUT2D eigenvalue weighted by Gasteiger charge is 2.25. The molecule has 10 heteroatoms. The zero-order valence-electron chi connectivity index (χ0n) is 13.6. The Morgan fingerprint density at radius 3 is 3.16 bits per heavy atom. The number of rotatable bonds is 6. The molecule has 0 amide bonds. The topological polar surface area (TPSA) is 107 Å². The van der Waals surface area contributed by atoms with Gasteiger partial charge in [-0.05, 0) is 19.2 Å². The quantitative estimate of drug-likeness (QED) is 0.608. The van der Waals surface area contributed by atoms with Gasteiger partial charge in [0.25, 0.3) is 0 Å². The van der Waals surface area contributed by atoms with Crippen molar-refractivity contribution in [3.05, 3.63) is 45.1 Å². The fourth-order valence-corrected chi connectivity index (χ4v) is 2.77. The molecule has 2 aromatic rings. The van der Waals surface area contributed by atoms with Crippen molar-refractivity contribution in [3.63, 3.8) is 0 Å². The van der Waals surface area contributed by atoms with Crippen LogP contribution in [0.5, 0.6) is 5.75 Å². The van der Waals surface area contributed by atoms with E-state index < -0.39 is 4.92 Å². The lowest BCUT2D eigenvalue weighted by Crippen LogP contribution is -2.44. The van der Waals surface area contributed by atoms with Crippen LogP contribution in [0.15, 0.2) is 22.7 Å². The van der Waals surface area contributed by atoms with Crippen LogP contribution < -0.4 is 10.1 Å². The van der Waals surface area contributed by atoms with Gasteiger partial charge in [0.1, 0.15) is 0 Å². The van der Waals surface area contributed by atoms with Crippen LogP contribution >= 0.6 is 11.6 Å². The standard InChI is InChI=1S/C15H18ClN5O4/c1-20-6-5-17-9-12(20)15-18-14(25-19-15)4-7-24-13-3-2-10(16)8-11(13)21(22)23/h2-3,8,12,17H,4-7,9H2,1H3. The molecular weight excluding hydrogens is 350 g/mol. The average Bonchev–Trinajstić information content (AvgIpc) is 3.05. The van der Waals surface area contributed by atoms with E-state index >= 15 is 0 Å². The minimum atomic E-state index is -0.530. The molecule has 25 heavy (non-hydrogen) atoms. The molecule has 0 radical (unpaired) electrons. The van der Waals surface area contributed by atoms with E-state index in [0.29, 0.717) is 18.1 Å². The number of ether oxygens (including phenoxy) is 1. The second-order valence-corrected chi connectivity index (χ2v) is 6.15. The van der Waals surface area contributed by atoms with Crippen molar-refractivity contribution in [1.82, 2.24) is 20.4 Å². The Balaban J connectivity index is 1.59. The molecule has 2 heterocycles. The maximum absolute atomic E-state index is 11.0. The number of piperazine rings is 1. The van der Waals surface area contributed by atoms with Gasteiger partial charge in [-0.15, -0.1) is 0 Å². The molecule has 1 aromatic heterocycles. The van der Waals surface area contributed by atoms with E-state index in [-0.39, 0.29) is 29.1 Å². The number of hydrogen-bond acceptors (Lipinski definition) is 8. The van der Waals surface area contributed by atoms with Crippen molar-refractivity contribution in [2.24, 2.45) is 0 Å². The SMILES string of the molecule is CN1CCNCC1c1noc(CCOc2ccc(Cl)cc2[N+](=O)[O-])n1. The van der Waals surface area contributed by atoms with Gasteiger partial charge >= 0.3 is 5.69 Å². The first-order chi connectivity index (χ1) is 12.0. The number of aromatic nitrogens is 2. The van der Waals surface area contributed by atoms with Crippen LogP contribution in [-0.4, -0.2) is 53.3 Å². The molecule has 1 aromatic carbocycles. The van der Waals surface area contributed by atoms with E-state index in [9.17, 15) is 10.1 Å². The fraction of sp³-hybridized carbons (Fsp3) is 0.467. The monoisotopic (exact) mass is 367 g/mol. The Labute approximate surface area is 149 Å². The predicted molar refractivity (Wildman–Crippen MR) is 89.8 cm³/mol. The zero-order valence-corrected chi connectivity index (χ0v) is 14.4. The van der Waals surface area contributed by atoms with E-state index in [2.05, 4.69) is 20.4 Å². The molecule has 1 aliphatic heterocycles. The summed E-state index contributed by atoms with van der Waals surface area (Å²) in [7, 11) is 2.02. The van der Waals surface area contributed by atoms with Crippen molar-refractivity contribution in [1.29, 1.82) is 0 Å². The minimum Gasteiger partial charge on any atom is -0.486 e. The van der Waals surface area contributed by atoms with Crippen LogP contribution in [0, 0.1) is 10.1 Å². The molecule has 0 bridgehead atoms. The molecule has 1 fully saturated rings. The van der Waals surface area contributed by atoms with E-state index in [4.69, 9.17) is 20.9 Å². The molecule has 9 nitrogen and oxygen atoms in total. The van der Waals surface area contributed by atoms with Gasteiger partial charge in [-0.3, -0.25) is 15.0 Å². The maximum Gasteiger partial charge on any atom is 0.312 e. The third-order valence-corrected chi connectivity index (χ3v) is 4.22. The third-order valence-electron chi connectivity index (χ3n) is 3.98. The van der Waals surface area contributed by atoms with E-state index in [0.717, 1.165) is 19.6 Å². The minimum absolute atomic E-state index is 0.0736. The molecule has 0 saturated carbocycles. The predicted octanol–water partition coefficient (Wildman–Crippen LogP) is 1.83. The zero-order chi connectivity index (χ0) is 17.8. The third kappa shape index (κ3) is 4.25. The molecule has 3 rings (SSSR count). The van der Waals surface area contributed by atoms with Crippen LogP contribution in [0.3, 0.4) is 0 Å². The van der Waals surface area contributed by atoms with Crippen LogP contribution in [0.25, 0.3) is 0 Å². The molecule has 1 unspecified atom stereocenters. The summed E-state index contributed by atoms with van der Waals surface area (Å²) in [6.45, 7) is 2.80. The molecule has 0 aliphatic carbocycles. The van der Waals surface area contributed by atoms with Crippen LogP contribution in [0.1, 0.15) is 17.8 Å². The lowest BCUT2D eigenvalue weighted by molar-refractivity contribution is -0.385. The summed E-state index contributed by atoms with van der Waals surface area (Å²) in [6, 6.07) is 4.35. The number of halogens is 1. The molecule has 134 valence electrons. The first-order valence-corrected chi connectivity index (χ1v) is 8.22. The Morgan fingerprint density at radius 1 is 1.56 bits per heavy atom. The number of nitro benzene ring substituents is 1. The Kier molecular flexibility index (Phi) is 5.47. The summed E-state index contributed by atoms with van der Waals surface area (Å²) in [4.78, 5) is 17.1. The van der Waals surface area contributed by atoms with E-state index in [1.165, 1.54) is 12.1 Å². The molecule has 1 atom stereocenters. The van der Waals surface area contributed by atoms with Gasteiger partial charge in [0, 0.05) is 30.7 Å². The van der Waals surface area contributed by atoms with Gasteiger partial charge < -0.3 is 14.6 Å². The summed E-state index contributed by atoms with van der Waals surface area (Å²) >= 11 is 5.78. The second-order valence-electron chi connectivity index (χ2n) is 5.71. The van der Waals surface area contributed by atoms with Crippen molar-refractivity contribution >= 4 is 17.3 Å². The smallest absolute Gasteiger partial charge is 0.312 e. The largest absolute Gasteiger partial charge is 0.486 e. The average molecular weight is 368 g/mol. The number of likely N-dealkylation sites (N-methyl/N-ethyl adjacent to an activating group) is 1. The molecule has 1 N–H and O–H groups in total. The first kappa shape index (κ1) is 17.6. The summed E-state index contributed by atoms with van der Waals surface area (Å²) in [5.74, 6) is 1.22. The highest BCUT2D eigenvalue weighted by Crippen LogP contribution is 2.30. The normalized spacial score (nSPS) is 18.2. The highest BCUT2D eigenvalue weighted by molar-refractivity contribution is 6.30. The number of nitrogens with zero attached hydrogens (tertiary/aromatic N) is 4. The summed E-state index contributed by atoms with van der Waals surface area (Å²) in [5, 5.41) is 18.6. The van der Waals surface area contributed by atoms with Crippen molar-refractivity contribution in [2.45, 2.75) is 12.5 Å². The van der Waals surface area contributed by atoms with E-state index in [1.807, 2.05) is 7.05 Å². The highest BCUT2D eigenvalue weighted by atomic mass is 35.5. The fourth-order valence-electron chi connectivity index (χ4n) is 2.60. The molecule has 0 spiro atoms. The second kappa shape index (κ2) is 7.77. The summed E-state index contributed by atoms with van der Waals surface area (Å²) in [6.07, 6.45) is 0.358. The van der Waals surface area contributed by atoms with Gasteiger partial charge in [0.05, 0.1) is 24.0 Å². The van der Waals surface area contributed by atoms with Crippen molar-refractivity contribution < 1.29 is 14.2 Å². The van der Waals surface area contributed by atoms with Crippen molar-refractivity contribution in [2.75, 3.05) is 33.3 Å². The number of hydrogen-bond donors (Lipinski definition) is 1. The van der Waals surface area contributed by atoms with Crippen LogP contribution in [0.4, 0.5) is 5.69 Å². The molecular formula is C15H18ClN5O4. The van der Waals surface area contributed by atoms with Gasteiger partial charge in [-0.1, -0.05) is 16.8 Å². The molecule has 1 saturated heterocycles. The van der Waals surface area contributed by atoms with Crippen LogP contribution in [0.2, 0.25) is 5.02 Å². The van der Waals surface area contributed by atoms with Crippen LogP contribution in [-0.2, 0) is 6.42 Å². The van der Waals surface area contributed by atoms with Crippen molar-refractivity contribution in [3.8, 4) is 5.75 Å². The van der Waals surface area contributed by atoms with Gasteiger partial charge in [-0.25, -0.2) is 0 Å². The van der Waals surface area contributed by atoms with E-state index in [1.54, 1.807) is 6.07 Å². The Bertz CT molecular complexity index is 753. The van der Waals surface area contributed by atoms with Gasteiger partial charge in [0.2, 0.25) is 5.89 Å². The Morgan fingerprint density at radius 2 is 2.40 bits per heavy atom. The summed E-state index contributed by atoms with van der Waals surface area (Å²) in [5.41, 5.74) is -0.173. The molecule has 1 aliphatic rings. The number of nitrogens with one attached hydrogen (secondary N) is 1. The maximum atomic E-state index is 11.0. The Hall–Kier alpha value is -2.23. The van der Waals surface area contributed by atoms with Gasteiger partial charge in [-0.2, -0.15) is 4.98 Å². The van der Waals surface area contributed by atoms with Gasteiger partial charge in [0.15, 0.2) is 11.6 Å². The lowest BCUT2D eigenvalue weighted by atomic mass is 10.2. The summed E-state index contributed by atoms with van der Waals surface area (Å²) < 4.78 is 10.7. The number of nitro groups is 1. The first-order valence-electron chi connectivity index (χ1n) is 7.85. The lowest BCUT2D eigenvalue weighted by Gasteiger charge is -2.30. The number of benzene rings is 1.